The first kappa shape index (κ1) is 10.7. The fourth-order valence-electron chi connectivity index (χ4n) is 1.55. The second-order valence-corrected chi connectivity index (χ2v) is 3.72. The van der Waals surface area contributed by atoms with Gasteiger partial charge in [-0.3, -0.25) is 4.79 Å². The number of aliphatic carboxylic acids is 1. The van der Waals surface area contributed by atoms with E-state index >= 15 is 0 Å². The van der Waals surface area contributed by atoms with E-state index in [0.29, 0.717) is 11.3 Å². The van der Waals surface area contributed by atoms with Crippen LogP contribution in [0.5, 0.6) is 11.5 Å². The number of hydrogen-bond acceptors (Lipinski definition) is 3. The number of carboxylic acids is 1. The molecule has 1 aliphatic heterocycles. The number of fused-ring (bicyclic) bond motifs is 1. The molecule has 4 nitrogen and oxygen atoms in total. The van der Waals surface area contributed by atoms with Crippen LogP contribution in [0.4, 0.5) is 4.39 Å². The third kappa shape index (κ3) is 1.80. The van der Waals surface area contributed by atoms with Crippen LogP contribution in [0.3, 0.4) is 0 Å². The standard InChI is InChI=1S/C11H11FO4/c1-6(11(13)14)4-7-2-3-8-10(9(7)12)16-5-15-8/h2-3,6H,4-5H2,1H3,(H,13,14). The molecule has 0 amide bonds. The normalized spacial score (nSPS) is 14.9. The number of halogens is 1. The largest absolute Gasteiger partial charge is 0.481 e. The molecule has 5 heteroatoms. The highest BCUT2D eigenvalue weighted by Gasteiger charge is 2.23. The molecular formula is C11H11FO4. The highest BCUT2D eigenvalue weighted by atomic mass is 19.1. The first-order chi connectivity index (χ1) is 7.59. The highest BCUT2D eigenvalue weighted by Crippen LogP contribution is 2.36. The molecule has 0 saturated carbocycles. The zero-order chi connectivity index (χ0) is 11.7. The molecule has 0 spiro atoms. The molecule has 1 atom stereocenters. The van der Waals surface area contributed by atoms with Gasteiger partial charge in [-0.15, -0.1) is 0 Å². The van der Waals surface area contributed by atoms with Crippen molar-refractivity contribution in [3.05, 3.63) is 23.5 Å². The van der Waals surface area contributed by atoms with Gasteiger partial charge in [0.25, 0.3) is 0 Å². The van der Waals surface area contributed by atoms with Gasteiger partial charge >= 0.3 is 5.97 Å². The predicted molar refractivity (Wildman–Crippen MR) is 53.0 cm³/mol. The van der Waals surface area contributed by atoms with Crippen LogP contribution in [0.15, 0.2) is 12.1 Å². The average molecular weight is 226 g/mol. The number of hydrogen-bond donors (Lipinski definition) is 1. The second-order valence-electron chi connectivity index (χ2n) is 3.72. The molecule has 1 aliphatic rings. The third-order valence-corrected chi connectivity index (χ3v) is 2.51. The van der Waals surface area contributed by atoms with Crippen molar-refractivity contribution >= 4 is 5.97 Å². The summed E-state index contributed by atoms with van der Waals surface area (Å²) >= 11 is 0. The quantitative estimate of drug-likeness (QED) is 0.854. The second kappa shape index (κ2) is 4.00. The molecule has 0 bridgehead atoms. The maximum absolute atomic E-state index is 13.8. The topological polar surface area (TPSA) is 55.8 Å². The molecule has 1 heterocycles. The Hall–Kier alpha value is -1.78. The lowest BCUT2D eigenvalue weighted by atomic mass is 10.0. The third-order valence-electron chi connectivity index (χ3n) is 2.51. The first-order valence-electron chi connectivity index (χ1n) is 4.89. The molecule has 1 N–H and O–H groups in total. The smallest absolute Gasteiger partial charge is 0.306 e. The van der Waals surface area contributed by atoms with Crippen molar-refractivity contribution < 1.29 is 23.8 Å². The van der Waals surface area contributed by atoms with E-state index in [1.54, 1.807) is 6.07 Å². The summed E-state index contributed by atoms with van der Waals surface area (Å²) in [5.41, 5.74) is 0.333. The fourth-order valence-corrected chi connectivity index (χ4v) is 1.55. The Morgan fingerprint density at radius 3 is 3.00 bits per heavy atom. The molecular weight excluding hydrogens is 215 g/mol. The lowest BCUT2D eigenvalue weighted by Gasteiger charge is -2.08. The summed E-state index contributed by atoms with van der Waals surface area (Å²) in [7, 11) is 0. The van der Waals surface area contributed by atoms with Crippen LogP contribution in [0.2, 0.25) is 0 Å². The molecule has 1 aromatic carbocycles. The van der Waals surface area contributed by atoms with E-state index in [1.165, 1.54) is 13.0 Å². The van der Waals surface area contributed by atoms with Crippen molar-refractivity contribution in [2.45, 2.75) is 13.3 Å². The molecule has 0 aromatic heterocycles. The molecule has 16 heavy (non-hydrogen) atoms. The summed E-state index contributed by atoms with van der Waals surface area (Å²) in [4.78, 5) is 10.7. The Balaban J connectivity index is 2.26. The Morgan fingerprint density at radius 2 is 2.31 bits per heavy atom. The van der Waals surface area contributed by atoms with Gasteiger partial charge < -0.3 is 14.6 Å². The zero-order valence-electron chi connectivity index (χ0n) is 8.70. The van der Waals surface area contributed by atoms with Crippen molar-refractivity contribution in [3.8, 4) is 11.5 Å². The van der Waals surface area contributed by atoms with Gasteiger partial charge in [0, 0.05) is 0 Å². The number of benzene rings is 1. The summed E-state index contributed by atoms with van der Waals surface area (Å²) in [5, 5.41) is 8.75. The highest BCUT2D eigenvalue weighted by molar-refractivity contribution is 5.70. The molecule has 2 rings (SSSR count). The summed E-state index contributed by atoms with van der Waals surface area (Å²) in [6, 6.07) is 3.12. The van der Waals surface area contributed by atoms with E-state index in [1.807, 2.05) is 0 Å². The van der Waals surface area contributed by atoms with E-state index in [4.69, 9.17) is 14.6 Å². The molecule has 0 aliphatic carbocycles. The van der Waals surface area contributed by atoms with E-state index in [0.717, 1.165) is 0 Å². The van der Waals surface area contributed by atoms with Crippen molar-refractivity contribution in [2.75, 3.05) is 6.79 Å². The maximum Gasteiger partial charge on any atom is 0.306 e. The van der Waals surface area contributed by atoms with Crippen molar-refractivity contribution in [1.82, 2.24) is 0 Å². The summed E-state index contributed by atoms with van der Waals surface area (Å²) in [6.45, 7) is 1.54. The Bertz CT molecular complexity index is 430. The SMILES string of the molecule is CC(Cc1ccc2c(c1F)OCO2)C(=O)O. The fraction of sp³-hybridized carbons (Fsp3) is 0.364. The van der Waals surface area contributed by atoms with Crippen molar-refractivity contribution in [3.63, 3.8) is 0 Å². The Kier molecular flexibility index (Phi) is 2.68. The van der Waals surface area contributed by atoms with Crippen LogP contribution < -0.4 is 9.47 Å². The van der Waals surface area contributed by atoms with Crippen LogP contribution in [-0.4, -0.2) is 17.9 Å². The van der Waals surface area contributed by atoms with Crippen LogP contribution in [0.25, 0.3) is 0 Å². The minimum absolute atomic E-state index is 0.00416. The lowest BCUT2D eigenvalue weighted by Crippen LogP contribution is -2.13. The minimum atomic E-state index is -0.947. The lowest BCUT2D eigenvalue weighted by molar-refractivity contribution is -0.141. The number of rotatable bonds is 3. The van der Waals surface area contributed by atoms with E-state index < -0.39 is 17.7 Å². The van der Waals surface area contributed by atoms with Crippen molar-refractivity contribution in [2.24, 2.45) is 5.92 Å². The van der Waals surface area contributed by atoms with Gasteiger partial charge in [-0.05, 0) is 18.1 Å². The van der Waals surface area contributed by atoms with Gasteiger partial charge in [0.2, 0.25) is 12.5 Å². The van der Waals surface area contributed by atoms with Gasteiger partial charge in [0.05, 0.1) is 5.92 Å². The number of carbonyl (C=O) groups is 1. The van der Waals surface area contributed by atoms with Crippen LogP contribution >= 0.6 is 0 Å². The number of ether oxygens (including phenoxy) is 2. The van der Waals surface area contributed by atoms with Crippen LogP contribution in [0.1, 0.15) is 12.5 Å². The Morgan fingerprint density at radius 1 is 1.56 bits per heavy atom. The van der Waals surface area contributed by atoms with E-state index in [2.05, 4.69) is 0 Å². The summed E-state index contributed by atoms with van der Waals surface area (Å²) < 4.78 is 23.8. The van der Waals surface area contributed by atoms with Gasteiger partial charge in [0.1, 0.15) is 0 Å². The molecule has 86 valence electrons. The monoisotopic (exact) mass is 226 g/mol. The van der Waals surface area contributed by atoms with E-state index in [-0.39, 0.29) is 19.0 Å². The van der Waals surface area contributed by atoms with Crippen LogP contribution in [0, 0.1) is 11.7 Å². The molecule has 0 radical (unpaired) electrons. The molecule has 0 fully saturated rings. The Labute approximate surface area is 91.6 Å². The summed E-state index contributed by atoms with van der Waals surface area (Å²) in [5.74, 6) is -1.66. The van der Waals surface area contributed by atoms with Gasteiger partial charge in [0.15, 0.2) is 11.6 Å². The molecule has 1 unspecified atom stereocenters. The van der Waals surface area contributed by atoms with Gasteiger partial charge in [-0.2, -0.15) is 0 Å². The zero-order valence-corrected chi connectivity index (χ0v) is 8.70. The average Bonchev–Trinajstić information content (AvgIpc) is 2.70. The molecule has 1 aromatic rings. The molecule has 0 saturated heterocycles. The van der Waals surface area contributed by atoms with Gasteiger partial charge in [-0.1, -0.05) is 13.0 Å². The van der Waals surface area contributed by atoms with Crippen molar-refractivity contribution in [1.29, 1.82) is 0 Å². The predicted octanol–water partition coefficient (Wildman–Crippen LogP) is 1.82. The van der Waals surface area contributed by atoms with Gasteiger partial charge in [-0.25, -0.2) is 4.39 Å². The maximum atomic E-state index is 13.8. The van der Waals surface area contributed by atoms with E-state index in [9.17, 15) is 9.18 Å². The number of carboxylic acid groups (broad SMARTS) is 1. The minimum Gasteiger partial charge on any atom is -0.481 e. The first-order valence-corrected chi connectivity index (χ1v) is 4.89. The van der Waals surface area contributed by atoms with Crippen LogP contribution in [-0.2, 0) is 11.2 Å². The summed E-state index contributed by atoms with van der Waals surface area (Å²) in [6.07, 6.45) is 0.137.